The van der Waals surface area contributed by atoms with Crippen molar-refractivity contribution < 1.29 is 14.3 Å². The summed E-state index contributed by atoms with van der Waals surface area (Å²) in [5.41, 5.74) is 1.57. The Morgan fingerprint density at radius 2 is 1.73 bits per heavy atom. The highest BCUT2D eigenvalue weighted by atomic mass is 35.5. The molecule has 0 radical (unpaired) electrons. The monoisotopic (exact) mass is 450 g/mol. The summed E-state index contributed by atoms with van der Waals surface area (Å²) in [6.07, 6.45) is 3.59. The van der Waals surface area contributed by atoms with Crippen LogP contribution in [0.5, 0.6) is 11.5 Å². The number of carbonyl (C=O) groups excluding carboxylic acids is 1. The van der Waals surface area contributed by atoms with Gasteiger partial charge < -0.3 is 14.8 Å². The van der Waals surface area contributed by atoms with Crippen molar-refractivity contribution in [2.45, 2.75) is 32.2 Å². The topological polar surface area (TPSA) is 50.8 Å². The smallest absolute Gasteiger partial charge is 0.251 e. The third-order valence-electron chi connectivity index (χ3n) is 5.34. The number of methoxy groups -OCH3 is 1. The molecule has 3 rings (SSSR count). The van der Waals surface area contributed by atoms with Gasteiger partial charge in [0.15, 0.2) is 5.75 Å². The van der Waals surface area contributed by atoms with Crippen LogP contribution in [0.2, 0.25) is 10.0 Å². The Balaban J connectivity index is 1.75. The molecule has 0 bridgehead atoms. The molecular formula is C23H28Cl2N2O3. The molecule has 1 heterocycles. The average Bonchev–Trinajstić information content (AvgIpc) is 2.77. The highest BCUT2D eigenvalue weighted by molar-refractivity contribution is 6.37. The van der Waals surface area contributed by atoms with Gasteiger partial charge in [-0.3, -0.25) is 9.69 Å². The SMILES string of the molecule is CCOc1c(Cl)cc(C(=O)NCC(c2ccc(OC)cc2)N2CCCCC2)cc1Cl. The maximum Gasteiger partial charge on any atom is 0.251 e. The minimum atomic E-state index is -0.211. The number of amides is 1. The lowest BCUT2D eigenvalue weighted by Gasteiger charge is -2.35. The quantitative estimate of drug-likeness (QED) is 0.587. The Labute approximate surface area is 188 Å². The zero-order valence-electron chi connectivity index (χ0n) is 17.4. The minimum Gasteiger partial charge on any atom is -0.497 e. The number of rotatable bonds is 8. The molecule has 1 saturated heterocycles. The van der Waals surface area contributed by atoms with Gasteiger partial charge in [0.1, 0.15) is 5.75 Å². The highest BCUT2D eigenvalue weighted by Crippen LogP contribution is 2.34. The van der Waals surface area contributed by atoms with Crippen LogP contribution < -0.4 is 14.8 Å². The Morgan fingerprint density at radius 3 is 2.30 bits per heavy atom. The second kappa shape index (κ2) is 10.9. The fraction of sp³-hybridized carbons (Fsp3) is 0.435. The molecule has 1 aliphatic rings. The zero-order valence-corrected chi connectivity index (χ0v) is 18.9. The fourth-order valence-corrected chi connectivity index (χ4v) is 4.37. The van der Waals surface area contributed by atoms with Crippen molar-refractivity contribution in [3.05, 3.63) is 57.6 Å². The number of nitrogens with one attached hydrogen (secondary N) is 1. The molecule has 2 aromatic carbocycles. The van der Waals surface area contributed by atoms with Gasteiger partial charge in [0.2, 0.25) is 0 Å². The normalized spacial score (nSPS) is 15.5. The van der Waals surface area contributed by atoms with Gasteiger partial charge >= 0.3 is 0 Å². The second-order valence-electron chi connectivity index (χ2n) is 7.30. The van der Waals surface area contributed by atoms with Crippen molar-refractivity contribution >= 4 is 29.1 Å². The summed E-state index contributed by atoms with van der Waals surface area (Å²) >= 11 is 12.5. The molecule has 1 amide bonds. The molecule has 7 heteroatoms. The number of likely N-dealkylation sites (tertiary alicyclic amines) is 1. The predicted molar refractivity (Wildman–Crippen MR) is 121 cm³/mol. The van der Waals surface area contributed by atoms with Crippen LogP contribution in [0.1, 0.15) is 48.1 Å². The predicted octanol–water partition coefficient (Wildman–Crippen LogP) is 5.36. The van der Waals surface area contributed by atoms with E-state index in [2.05, 4.69) is 22.3 Å². The molecule has 1 unspecified atom stereocenters. The van der Waals surface area contributed by atoms with Crippen LogP contribution in [0.3, 0.4) is 0 Å². The number of ether oxygens (including phenoxy) is 2. The van der Waals surface area contributed by atoms with E-state index in [1.165, 1.54) is 19.3 Å². The summed E-state index contributed by atoms with van der Waals surface area (Å²) < 4.78 is 10.7. The summed E-state index contributed by atoms with van der Waals surface area (Å²) in [5, 5.41) is 3.72. The first kappa shape index (κ1) is 22.7. The fourth-order valence-electron chi connectivity index (χ4n) is 3.78. The van der Waals surface area contributed by atoms with E-state index in [-0.39, 0.29) is 11.9 Å². The molecule has 30 heavy (non-hydrogen) atoms. The van der Waals surface area contributed by atoms with Crippen LogP contribution in [0.15, 0.2) is 36.4 Å². The van der Waals surface area contributed by atoms with Crippen LogP contribution in [0, 0.1) is 0 Å². The van der Waals surface area contributed by atoms with Crippen molar-refractivity contribution in [2.24, 2.45) is 0 Å². The summed E-state index contributed by atoms with van der Waals surface area (Å²) in [7, 11) is 1.66. The van der Waals surface area contributed by atoms with Crippen molar-refractivity contribution in [2.75, 3.05) is 33.4 Å². The Hall–Kier alpha value is -1.95. The third kappa shape index (κ3) is 5.60. The second-order valence-corrected chi connectivity index (χ2v) is 8.11. The standard InChI is InChI=1S/C23H28Cl2N2O3/c1-3-30-22-19(24)13-17(14-20(22)25)23(28)26-15-21(27-11-5-4-6-12-27)16-7-9-18(29-2)10-8-16/h7-10,13-14,21H,3-6,11-12,15H2,1-2H3,(H,26,28). The van der Waals surface area contributed by atoms with E-state index in [4.69, 9.17) is 32.7 Å². The Kier molecular flexibility index (Phi) is 8.25. The Bertz CT molecular complexity index is 829. The van der Waals surface area contributed by atoms with Crippen LogP contribution in [0.25, 0.3) is 0 Å². The maximum absolute atomic E-state index is 12.8. The number of carbonyl (C=O) groups is 1. The number of piperidine rings is 1. The number of halogens is 2. The molecule has 2 aromatic rings. The molecule has 1 fully saturated rings. The largest absolute Gasteiger partial charge is 0.497 e. The van der Waals surface area contributed by atoms with E-state index in [1.54, 1.807) is 19.2 Å². The van der Waals surface area contributed by atoms with E-state index in [0.29, 0.717) is 34.5 Å². The number of hydrogen-bond acceptors (Lipinski definition) is 4. The summed E-state index contributed by atoms with van der Waals surface area (Å²) in [5.74, 6) is 1.01. The van der Waals surface area contributed by atoms with Gasteiger partial charge in [-0.25, -0.2) is 0 Å². The Morgan fingerprint density at radius 1 is 1.10 bits per heavy atom. The van der Waals surface area contributed by atoms with Crippen molar-refractivity contribution in [3.8, 4) is 11.5 Å². The molecule has 0 aliphatic carbocycles. The van der Waals surface area contributed by atoms with Crippen molar-refractivity contribution in [1.29, 1.82) is 0 Å². The van der Waals surface area contributed by atoms with E-state index in [0.717, 1.165) is 24.4 Å². The molecule has 1 aliphatic heterocycles. The van der Waals surface area contributed by atoms with Gasteiger partial charge in [-0.2, -0.15) is 0 Å². The lowest BCUT2D eigenvalue weighted by Crippen LogP contribution is -2.40. The molecule has 0 aromatic heterocycles. The lowest BCUT2D eigenvalue weighted by atomic mass is 10.0. The maximum atomic E-state index is 12.8. The van der Waals surface area contributed by atoms with Crippen LogP contribution in [-0.4, -0.2) is 44.2 Å². The van der Waals surface area contributed by atoms with Gasteiger partial charge in [0.05, 0.1) is 29.8 Å². The lowest BCUT2D eigenvalue weighted by molar-refractivity contribution is 0.0924. The first-order valence-electron chi connectivity index (χ1n) is 10.3. The molecule has 5 nitrogen and oxygen atoms in total. The summed E-state index contributed by atoms with van der Waals surface area (Å²) in [6.45, 7) is 4.84. The van der Waals surface area contributed by atoms with E-state index in [1.807, 2.05) is 19.1 Å². The minimum absolute atomic E-state index is 0.0915. The van der Waals surface area contributed by atoms with E-state index < -0.39 is 0 Å². The first-order valence-corrected chi connectivity index (χ1v) is 11.1. The van der Waals surface area contributed by atoms with Gasteiger partial charge in [-0.15, -0.1) is 0 Å². The number of nitrogens with zero attached hydrogens (tertiary/aromatic N) is 1. The van der Waals surface area contributed by atoms with Gasteiger partial charge in [0.25, 0.3) is 5.91 Å². The average molecular weight is 451 g/mol. The van der Waals surface area contributed by atoms with Gasteiger partial charge in [0, 0.05) is 12.1 Å². The van der Waals surface area contributed by atoms with Gasteiger partial charge in [-0.1, -0.05) is 41.8 Å². The third-order valence-corrected chi connectivity index (χ3v) is 5.90. The van der Waals surface area contributed by atoms with Crippen LogP contribution in [-0.2, 0) is 0 Å². The van der Waals surface area contributed by atoms with E-state index >= 15 is 0 Å². The first-order chi connectivity index (χ1) is 14.5. The molecule has 1 N–H and O–H groups in total. The van der Waals surface area contributed by atoms with Crippen LogP contribution >= 0.6 is 23.2 Å². The number of benzene rings is 2. The zero-order chi connectivity index (χ0) is 21.5. The van der Waals surface area contributed by atoms with Crippen molar-refractivity contribution in [1.82, 2.24) is 10.2 Å². The molecule has 0 spiro atoms. The van der Waals surface area contributed by atoms with Crippen molar-refractivity contribution in [3.63, 3.8) is 0 Å². The molecule has 1 atom stereocenters. The summed E-state index contributed by atoms with van der Waals surface area (Å²) in [6, 6.07) is 11.3. The number of hydrogen-bond donors (Lipinski definition) is 1. The molecule has 0 saturated carbocycles. The van der Waals surface area contributed by atoms with Crippen LogP contribution in [0.4, 0.5) is 0 Å². The highest BCUT2D eigenvalue weighted by Gasteiger charge is 2.23. The molecular weight excluding hydrogens is 423 g/mol. The van der Waals surface area contributed by atoms with E-state index in [9.17, 15) is 4.79 Å². The van der Waals surface area contributed by atoms with Gasteiger partial charge in [-0.05, 0) is 62.7 Å². The molecule has 162 valence electrons. The summed E-state index contributed by atoms with van der Waals surface area (Å²) in [4.78, 5) is 15.3.